The highest BCUT2D eigenvalue weighted by molar-refractivity contribution is 7.98. The molecule has 2 aromatic carbocycles. The number of aryl methyl sites for hydroxylation is 1. The fraction of sp³-hybridized carbons (Fsp3) is 0.143. The summed E-state index contributed by atoms with van der Waals surface area (Å²) in [6, 6.07) is 13.0. The van der Waals surface area contributed by atoms with Gasteiger partial charge in [0.2, 0.25) is 0 Å². The van der Waals surface area contributed by atoms with Gasteiger partial charge in [-0.3, -0.25) is 10.1 Å². The van der Waals surface area contributed by atoms with Crippen LogP contribution in [0.15, 0.2) is 47.4 Å². The van der Waals surface area contributed by atoms with E-state index >= 15 is 0 Å². The Labute approximate surface area is 115 Å². The largest absolute Gasteiger partial charge is 0.393 e. The number of nitrogen functional groups attached to an aromatic ring is 1. The second-order valence-corrected chi connectivity index (χ2v) is 5.24. The standard InChI is InChI=1S/C14H14N2O2S/c1-10-4-2-3-5-11(10)9-19-12-6-7-14(16(17)18)13(15)8-12/h2-8H,9,15H2,1H3. The van der Waals surface area contributed by atoms with Gasteiger partial charge in [-0.25, -0.2) is 0 Å². The van der Waals surface area contributed by atoms with E-state index in [4.69, 9.17) is 5.73 Å². The Morgan fingerprint density at radius 2 is 2.00 bits per heavy atom. The lowest BCUT2D eigenvalue weighted by Gasteiger charge is -2.06. The molecular formula is C14H14N2O2S. The Hall–Kier alpha value is -2.01. The Morgan fingerprint density at radius 3 is 2.63 bits per heavy atom. The van der Waals surface area contributed by atoms with Crippen LogP contribution in [0, 0.1) is 17.0 Å². The van der Waals surface area contributed by atoms with Gasteiger partial charge in [-0.2, -0.15) is 0 Å². The number of nitro benzene ring substituents is 1. The zero-order chi connectivity index (χ0) is 13.8. The van der Waals surface area contributed by atoms with Crippen LogP contribution in [-0.4, -0.2) is 4.92 Å². The third-order valence-electron chi connectivity index (χ3n) is 2.85. The fourth-order valence-electron chi connectivity index (χ4n) is 1.72. The van der Waals surface area contributed by atoms with Gasteiger partial charge in [0.25, 0.3) is 5.69 Å². The second-order valence-electron chi connectivity index (χ2n) is 4.19. The summed E-state index contributed by atoms with van der Waals surface area (Å²) in [4.78, 5) is 11.1. The van der Waals surface area contributed by atoms with Crippen LogP contribution in [0.2, 0.25) is 0 Å². The molecule has 0 spiro atoms. The number of anilines is 1. The molecule has 0 unspecified atom stereocenters. The predicted octanol–water partition coefficient (Wildman–Crippen LogP) is 3.78. The molecule has 2 aromatic rings. The molecule has 4 nitrogen and oxygen atoms in total. The zero-order valence-corrected chi connectivity index (χ0v) is 11.3. The highest BCUT2D eigenvalue weighted by Crippen LogP contribution is 2.30. The van der Waals surface area contributed by atoms with Crippen molar-refractivity contribution in [2.75, 3.05) is 5.73 Å². The summed E-state index contributed by atoms with van der Waals surface area (Å²) in [5.41, 5.74) is 8.33. The quantitative estimate of drug-likeness (QED) is 0.399. The van der Waals surface area contributed by atoms with Crippen LogP contribution in [0.4, 0.5) is 11.4 Å². The molecule has 0 heterocycles. The van der Waals surface area contributed by atoms with E-state index in [9.17, 15) is 10.1 Å². The van der Waals surface area contributed by atoms with Gasteiger partial charge in [0, 0.05) is 16.7 Å². The summed E-state index contributed by atoms with van der Waals surface area (Å²) in [6.07, 6.45) is 0. The number of nitrogens with two attached hydrogens (primary N) is 1. The molecule has 0 radical (unpaired) electrons. The molecule has 2 rings (SSSR count). The number of nitro groups is 1. The maximum Gasteiger partial charge on any atom is 0.292 e. The van der Waals surface area contributed by atoms with E-state index in [0.717, 1.165) is 10.6 Å². The van der Waals surface area contributed by atoms with Crippen molar-refractivity contribution in [2.24, 2.45) is 0 Å². The first kappa shape index (κ1) is 13.4. The Balaban J connectivity index is 2.11. The van der Waals surface area contributed by atoms with E-state index in [-0.39, 0.29) is 11.4 Å². The molecule has 0 aliphatic carbocycles. The summed E-state index contributed by atoms with van der Waals surface area (Å²) in [5.74, 6) is 0.823. The van der Waals surface area contributed by atoms with Crippen molar-refractivity contribution in [3.05, 3.63) is 63.7 Å². The minimum absolute atomic E-state index is 0.0414. The van der Waals surface area contributed by atoms with Crippen molar-refractivity contribution in [2.45, 2.75) is 17.6 Å². The third kappa shape index (κ3) is 3.26. The van der Waals surface area contributed by atoms with Gasteiger partial charge in [-0.1, -0.05) is 24.3 Å². The van der Waals surface area contributed by atoms with Crippen LogP contribution in [0.3, 0.4) is 0 Å². The molecule has 98 valence electrons. The minimum Gasteiger partial charge on any atom is -0.393 e. The molecule has 0 aromatic heterocycles. The minimum atomic E-state index is -0.467. The van der Waals surface area contributed by atoms with Crippen LogP contribution in [0.5, 0.6) is 0 Å². The summed E-state index contributed by atoms with van der Waals surface area (Å²) >= 11 is 1.62. The molecule has 0 aliphatic rings. The van der Waals surface area contributed by atoms with Crippen molar-refractivity contribution >= 4 is 23.1 Å². The smallest absolute Gasteiger partial charge is 0.292 e. The Kier molecular flexibility index (Phi) is 4.06. The van der Waals surface area contributed by atoms with Crippen molar-refractivity contribution in [3.63, 3.8) is 0 Å². The highest BCUT2D eigenvalue weighted by atomic mass is 32.2. The summed E-state index contributed by atoms with van der Waals surface area (Å²) in [7, 11) is 0. The average molecular weight is 274 g/mol. The summed E-state index contributed by atoms with van der Waals surface area (Å²) in [6.45, 7) is 2.07. The first-order valence-corrected chi connectivity index (χ1v) is 6.77. The van der Waals surface area contributed by atoms with Crippen LogP contribution < -0.4 is 5.73 Å². The monoisotopic (exact) mass is 274 g/mol. The van der Waals surface area contributed by atoms with Crippen LogP contribution in [-0.2, 0) is 5.75 Å². The van der Waals surface area contributed by atoms with E-state index in [1.54, 1.807) is 23.9 Å². The van der Waals surface area contributed by atoms with Crippen LogP contribution >= 0.6 is 11.8 Å². The van der Waals surface area contributed by atoms with E-state index in [0.29, 0.717) is 0 Å². The van der Waals surface area contributed by atoms with E-state index in [2.05, 4.69) is 19.1 Å². The lowest BCUT2D eigenvalue weighted by atomic mass is 10.1. The summed E-state index contributed by atoms with van der Waals surface area (Å²) < 4.78 is 0. The maximum atomic E-state index is 10.7. The molecule has 0 bridgehead atoms. The number of hydrogen-bond donors (Lipinski definition) is 1. The number of rotatable bonds is 4. The molecule has 0 amide bonds. The molecule has 0 aliphatic heterocycles. The van der Waals surface area contributed by atoms with Gasteiger partial charge >= 0.3 is 0 Å². The van der Waals surface area contributed by atoms with Crippen molar-refractivity contribution < 1.29 is 4.92 Å². The molecule has 0 saturated heterocycles. The van der Waals surface area contributed by atoms with Gasteiger partial charge in [-0.05, 0) is 30.2 Å². The topological polar surface area (TPSA) is 69.2 Å². The molecule has 19 heavy (non-hydrogen) atoms. The van der Waals surface area contributed by atoms with Crippen LogP contribution in [0.25, 0.3) is 0 Å². The predicted molar refractivity (Wildman–Crippen MR) is 78.2 cm³/mol. The van der Waals surface area contributed by atoms with Crippen LogP contribution in [0.1, 0.15) is 11.1 Å². The first-order valence-electron chi connectivity index (χ1n) is 5.79. The SMILES string of the molecule is Cc1ccccc1CSc1ccc([N+](=O)[O-])c(N)c1. The normalized spacial score (nSPS) is 10.4. The van der Waals surface area contributed by atoms with Gasteiger partial charge in [-0.15, -0.1) is 11.8 Å². The van der Waals surface area contributed by atoms with Crippen molar-refractivity contribution in [1.29, 1.82) is 0 Å². The average Bonchev–Trinajstić information content (AvgIpc) is 2.37. The zero-order valence-electron chi connectivity index (χ0n) is 10.5. The van der Waals surface area contributed by atoms with Crippen molar-refractivity contribution in [1.82, 2.24) is 0 Å². The summed E-state index contributed by atoms with van der Waals surface area (Å²) in [5, 5.41) is 10.7. The third-order valence-corrected chi connectivity index (χ3v) is 3.89. The Bertz CT molecular complexity index is 614. The molecule has 5 heteroatoms. The van der Waals surface area contributed by atoms with Crippen molar-refractivity contribution in [3.8, 4) is 0 Å². The van der Waals surface area contributed by atoms with Gasteiger partial charge in [0.15, 0.2) is 0 Å². The lowest BCUT2D eigenvalue weighted by molar-refractivity contribution is -0.383. The number of hydrogen-bond acceptors (Lipinski definition) is 4. The fourth-order valence-corrected chi connectivity index (χ4v) is 2.74. The number of thioether (sulfide) groups is 1. The van der Waals surface area contributed by atoms with E-state index in [1.165, 1.54) is 17.2 Å². The van der Waals surface area contributed by atoms with Gasteiger partial charge in [0.05, 0.1) is 4.92 Å². The highest BCUT2D eigenvalue weighted by Gasteiger charge is 2.11. The van der Waals surface area contributed by atoms with Gasteiger partial charge < -0.3 is 5.73 Å². The lowest BCUT2D eigenvalue weighted by Crippen LogP contribution is -1.95. The molecule has 0 fully saturated rings. The Morgan fingerprint density at radius 1 is 1.26 bits per heavy atom. The van der Waals surface area contributed by atoms with Gasteiger partial charge in [0.1, 0.15) is 5.69 Å². The molecule has 2 N–H and O–H groups in total. The molecule has 0 saturated carbocycles. The number of benzene rings is 2. The molecular weight excluding hydrogens is 260 g/mol. The van der Waals surface area contributed by atoms with E-state index < -0.39 is 4.92 Å². The van der Waals surface area contributed by atoms with E-state index in [1.807, 2.05) is 12.1 Å². The first-order chi connectivity index (χ1) is 9.08. The maximum absolute atomic E-state index is 10.7. The number of nitrogens with zero attached hydrogens (tertiary/aromatic N) is 1. The second kappa shape index (κ2) is 5.75. The molecule has 0 atom stereocenters.